The van der Waals surface area contributed by atoms with Gasteiger partial charge in [-0.05, 0) is 91.7 Å². The number of anilines is 1. The largest absolute Gasteiger partial charge is 0.313 e. The molecule has 0 radical (unpaired) electrons. The zero-order chi connectivity index (χ0) is 29.4. The summed E-state index contributed by atoms with van der Waals surface area (Å²) in [4.78, 5) is 15.3. The Hall–Kier alpha value is -2.79. The molecule has 0 spiro atoms. The van der Waals surface area contributed by atoms with Gasteiger partial charge in [0, 0.05) is 29.4 Å². The van der Waals surface area contributed by atoms with Crippen molar-refractivity contribution >= 4 is 23.5 Å². The molecule has 1 aliphatic heterocycles. The first-order valence-corrected chi connectivity index (χ1v) is 15.2. The normalized spacial score (nSPS) is 14.4. The van der Waals surface area contributed by atoms with Crippen LogP contribution in [0.4, 0.5) is 5.69 Å². The summed E-state index contributed by atoms with van der Waals surface area (Å²) in [6, 6.07) is 12.6. The van der Waals surface area contributed by atoms with E-state index in [9.17, 15) is 4.79 Å². The van der Waals surface area contributed by atoms with E-state index in [1.54, 1.807) is 6.92 Å². The van der Waals surface area contributed by atoms with Gasteiger partial charge in [-0.25, -0.2) is 0 Å². The van der Waals surface area contributed by atoms with Gasteiger partial charge in [0.1, 0.15) is 0 Å². The van der Waals surface area contributed by atoms with Crippen LogP contribution >= 0.6 is 0 Å². The number of fused-ring (bicyclic) bond motifs is 1. The number of carbonyl (C=O) groups is 1. The molecule has 2 aliphatic rings. The van der Waals surface area contributed by atoms with Crippen molar-refractivity contribution in [2.24, 2.45) is 5.92 Å². The molecule has 1 aliphatic carbocycles. The number of carbonyl (C=O) groups excluding carboxylic acids is 1. The minimum Gasteiger partial charge on any atom is -0.313 e. The van der Waals surface area contributed by atoms with Crippen LogP contribution in [0.1, 0.15) is 126 Å². The summed E-state index contributed by atoms with van der Waals surface area (Å²) < 4.78 is 0. The van der Waals surface area contributed by atoms with E-state index in [-0.39, 0.29) is 11.8 Å². The van der Waals surface area contributed by atoms with Gasteiger partial charge in [0.2, 0.25) is 0 Å². The summed E-state index contributed by atoms with van der Waals surface area (Å²) in [5.74, 6) is 1.01. The van der Waals surface area contributed by atoms with Crippen LogP contribution in [0.3, 0.4) is 0 Å². The van der Waals surface area contributed by atoms with Crippen molar-refractivity contribution < 1.29 is 4.79 Å². The number of rotatable bonds is 10. The van der Waals surface area contributed by atoms with Gasteiger partial charge in [-0.1, -0.05) is 79.5 Å². The Balaban J connectivity index is 0.000000996. The second kappa shape index (κ2) is 18.5. The third-order valence-electron chi connectivity index (χ3n) is 7.29. The van der Waals surface area contributed by atoms with Gasteiger partial charge in [0.25, 0.3) is 5.91 Å². The molecule has 216 valence electrons. The number of hydrogen-bond donors (Lipinski definition) is 3. The van der Waals surface area contributed by atoms with Crippen molar-refractivity contribution in [1.29, 1.82) is 10.8 Å². The van der Waals surface area contributed by atoms with Crippen LogP contribution in [-0.4, -0.2) is 24.4 Å². The highest BCUT2D eigenvalue weighted by Crippen LogP contribution is 2.33. The molecule has 5 nitrogen and oxygen atoms in total. The lowest BCUT2D eigenvalue weighted by Crippen LogP contribution is -2.27. The number of nitrogens with zero attached hydrogens (tertiary/aromatic N) is 1. The highest BCUT2D eigenvalue weighted by molar-refractivity contribution is 6.10. The van der Waals surface area contributed by atoms with E-state index in [0.29, 0.717) is 6.54 Å². The van der Waals surface area contributed by atoms with Crippen molar-refractivity contribution in [2.45, 2.75) is 113 Å². The van der Waals surface area contributed by atoms with Crippen LogP contribution < -0.4 is 10.2 Å². The topological polar surface area (TPSA) is 80.0 Å². The fraction of sp³-hybridized carbons (Fsp3) is 0.559. The quantitative estimate of drug-likeness (QED) is 0.266. The number of hydrogen-bond acceptors (Lipinski definition) is 4. The molecule has 1 heterocycles. The predicted octanol–water partition coefficient (Wildman–Crippen LogP) is 8.93. The van der Waals surface area contributed by atoms with Crippen molar-refractivity contribution in [1.82, 2.24) is 5.32 Å². The van der Waals surface area contributed by atoms with Crippen molar-refractivity contribution in [2.75, 3.05) is 11.4 Å². The zero-order valence-electron chi connectivity index (χ0n) is 25.9. The molecule has 1 amide bonds. The Kier molecular flexibility index (Phi) is 16.2. The Bertz CT molecular complexity index is 1040. The van der Waals surface area contributed by atoms with Gasteiger partial charge in [-0.3, -0.25) is 4.79 Å². The van der Waals surface area contributed by atoms with Crippen LogP contribution in [0.25, 0.3) is 0 Å². The van der Waals surface area contributed by atoms with E-state index < -0.39 is 0 Å². The third-order valence-corrected chi connectivity index (χ3v) is 7.29. The van der Waals surface area contributed by atoms with Crippen LogP contribution in [0, 0.1) is 16.7 Å². The molecular weight excluding hydrogens is 480 g/mol. The van der Waals surface area contributed by atoms with E-state index >= 15 is 0 Å². The van der Waals surface area contributed by atoms with Gasteiger partial charge in [0.05, 0.1) is 6.54 Å². The third kappa shape index (κ3) is 9.42. The standard InChI is InChI=1S/C28H37N3O.C2H5N.2C2H6/c1-4-8-27(29)19(3)23-11-7-12-24(15-23)31-18-26-22(5-2)13-21(14-25(26)28(31)32)17-30-16-20-9-6-10-20;1-2-3;2*1-2/h7,11-15,19-20,29-30H,4-6,8-10,16-18H2,1-3H3;2-3H,1H3;2*1-2H3. The molecule has 2 aromatic rings. The highest BCUT2D eigenvalue weighted by Gasteiger charge is 2.31. The molecule has 1 saturated carbocycles. The SMILES string of the molecule is CC.CC.CC=N.CCCC(=N)C(C)c1cccc(N2Cc3c(CC)cc(CNCC4CCC4)cc3C2=O)c1. The summed E-state index contributed by atoms with van der Waals surface area (Å²) in [5, 5.41) is 18.0. The minimum absolute atomic E-state index is 0.0783. The predicted molar refractivity (Wildman–Crippen MR) is 170 cm³/mol. The summed E-state index contributed by atoms with van der Waals surface area (Å²) >= 11 is 0. The van der Waals surface area contributed by atoms with E-state index in [4.69, 9.17) is 10.8 Å². The Labute approximate surface area is 238 Å². The first kappa shape index (κ1) is 34.2. The van der Waals surface area contributed by atoms with Crippen molar-refractivity contribution in [3.63, 3.8) is 0 Å². The summed E-state index contributed by atoms with van der Waals surface area (Å²) in [6.07, 6.45) is 8.05. The molecular formula is C34H54N4O. The fourth-order valence-corrected chi connectivity index (χ4v) is 4.94. The fourth-order valence-electron chi connectivity index (χ4n) is 4.94. The highest BCUT2D eigenvalue weighted by atomic mass is 16.2. The monoisotopic (exact) mass is 534 g/mol. The maximum Gasteiger partial charge on any atom is 0.258 e. The molecule has 2 aromatic carbocycles. The average Bonchev–Trinajstić information content (AvgIpc) is 3.28. The van der Waals surface area contributed by atoms with E-state index in [1.165, 1.54) is 42.2 Å². The summed E-state index contributed by atoms with van der Waals surface area (Å²) in [5.41, 5.74) is 7.35. The van der Waals surface area contributed by atoms with Gasteiger partial charge in [-0.2, -0.15) is 0 Å². The van der Waals surface area contributed by atoms with Gasteiger partial charge in [0.15, 0.2) is 0 Å². The summed E-state index contributed by atoms with van der Waals surface area (Å²) in [6.45, 7) is 18.6. The number of amides is 1. The molecule has 3 N–H and O–H groups in total. The van der Waals surface area contributed by atoms with Gasteiger partial charge < -0.3 is 21.0 Å². The second-order valence-corrected chi connectivity index (χ2v) is 9.83. The van der Waals surface area contributed by atoms with Crippen molar-refractivity contribution in [3.05, 3.63) is 64.2 Å². The lowest BCUT2D eigenvalue weighted by molar-refractivity contribution is 0.0996. The summed E-state index contributed by atoms with van der Waals surface area (Å²) in [7, 11) is 0. The maximum atomic E-state index is 13.4. The molecule has 0 bridgehead atoms. The molecule has 39 heavy (non-hydrogen) atoms. The van der Waals surface area contributed by atoms with E-state index in [2.05, 4.69) is 50.4 Å². The molecule has 4 rings (SSSR count). The number of aryl methyl sites for hydroxylation is 1. The van der Waals surface area contributed by atoms with Crippen LogP contribution in [-0.2, 0) is 19.5 Å². The molecule has 1 fully saturated rings. The lowest BCUT2D eigenvalue weighted by atomic mass is 9.85. The van der Waals surface area contributed by atoms with E-state index in [1.807, 2.05) is 44.7 Å². The number of benzene rings is 2. The van der Waals surface area contributed by atoms with E-state index in [0.717, 1.165) is 60.8 Å². The van der Waals surface area contributed by atoms with Crippen LogP contribution in [0.2, 0.25) is 0 Å². The Morgan fingerprint density at radius 2 is 1.79 bits per heavy atom. The van der Waals surface area contributed by atoms with Crippen LogP contribution in [0.15, 0.2) is 36.4 Å². The molecule has 0 saturated heterocycles. The van der Waals surface area contributed by atoms with Gasteiger partial charge in [-0.15, -0.1) is 0 Å². The zero-order valence-corrected chi connectivity index (χ0v) is 25.9. The lowest BCUT2D eigenvalue weighted by Gasteiger charge is -2.25. The molecule has 0 aromatic heterocycles. The Morgan fingerprint density at radius 3 is 2.36 bits per heavy atom. The average molecular weight is 535 g/mol. The van der Waals surface area contributed by atoms with Crippen molar-refractivity contribution in [3.8, 4) is 0 Å². The number of nitrogens with one attached hydrogen (secondary N) is 3. The first-order chi connectivity index (χ1) is 18.9. The first-order valence-electron chi connectivity index (χ1n) is 15.2. The second-order valence-electron chi connectivity index (χ2n) is 9.83. The Morgan fingerprint density at radius 1 is 1.13 bits per heavy atom. The van der Waals surface area contributed by atoms with Gasteiger partial charge >= 0.3 is 0 Å². The minimum atomic E-state index is 0.0783. The maximum absolute atomic E-state index is 13.4. The molecule has 1 atom stereocenters. The molecule has 5 heteroatoms. The molecule has 1 unspecified atom stereocenters. The smallest absolute Gasteiger partial charge is 0.258 e. The van der Waals surface area contributed by atoms with Crippen LogP contribution in [0.5, 0.6) is 0 Å².